The second-order valence-electron chi connectivity index (χ2n) is 9.53. The van der Waals surface area contributed by atoms with Gasteiger partial charge in [0, 0.05) is 45.0 Å². The van der Waals surface area contributed by atoms with Gasteiger partial charge in [0.1, 0.15) is 17.4 Å². The van der Waals surface area contributed by atoms with Gasteiger partial charge in [0.2, 0.25) is 5.88 Å². The van der Waals surface area contributed by atoms with Crippen molar-refractivity contribution in [2.75, 3.05) is 44.2 Å². The number of aryl methyl sites for hydroxylation is 1. The van der Waals surface area contributed by atoms with Gasteiger partial charge in [0.25, 0.3) is 0 Å². The smallest absolute Gasteiger partial charge is 0.232 e. The lowest BCUT2D eigenvalue weighted by Crippen LogP contribution is -2.34. The lowest BCUT2D eigenvalue weighted by atomic mass is 10.1. The van der Waals surface area contributed by atoms with Crippen LogP contribution in [-0.4, -0.2) is 66.3 Å². The summed E-state index contributed by atoms with van der Waals surface area (Å²) in [5.74, 6) is 1.20. The van der Waals surface area contributed by atoms with Crippen LogP contribution in [0.3, 0.4) is 0 Å². The second-order valence-corrected chi connectivity index (χ2v) is 10.3. The number of hydrogen-bond donors (Lipinski definition) is 1. The van der Waals surface area contributed by atoms with E-state index in [1.54, 1.807) is 24.5 Å². The second kappa shape index (κ2) is 15.0. The number of hydrogen-bond acceptors (Lipinski definition) is 8. The predicted molar refractivity (Wildman–Crippen MR) is 171 cm³/mol. The van der Waals surface area contributed by atoms with Crippen LogP contribution in [0.25, 0.3) is 16.6 Å². The van der Waals surface area contributed by atoms with Crippen LogP contribution in [-0.2, 0) is 0 Å². The van der Waals surface area contributed by atoms with Crippen molar-refractivity contribution in [3.8, 4) is 11.6 Å². The number of aliphatic hydroxyl groups excluding tert-OH is 1. The average Bonchev–Trinajstić information content (AvgIpc) is 3.48. The molecule has 9 nitrogen and oxygen atoms in total. The van der Waals surface area contributed by atoms with Gasteiger partial charge >= 0.3 is 0 Å². The lowest BCUT2D eigenvalue weighted by Gasteiger charge is -2.28. The van der Waals surface area contributed by atoms with Crippen molar-refractivity contribution < 1.29 is 14.6 Å². The van der Waals surface area contributed by atoms with Gasteiger partial charge in [-0.05, 0) is 56.2 Å². The summed E-state index contributed by atoms with van der Waals surface area (Å²) >= 11 is 13.0. The van der Waals surface area contributed by atoms with Crippen molar-refractivity contribution in [2.45, 2.75) is 39.7 Å². The monoisotopic (exact) mass is 613 g/mol. The molecule has 4 aromatic rings. The fourth-order valence-corrected chi connectivity index (χ4v) is 5.21. The molecule has 224 valence electrons. The van der Waals surface area contributed by atoms with Crippen LogP contribution in [0.4, 0.5) is 11.5 Å². The number of fused-ring (bicyclic) bond motifs is 1. The Bertz CT molecular complexity index is 1570. The van der Waals surface area contributed by atoms with E-state index in [4.69, 9.17) is 33.0 Å². The molecule has 1 atom stereocenters. The van der Waals surface area contributed by atoms with Crippen LogP contribution in [0.15, 0.2) is 53.6 Å². The molecular weight excluding hydrogens is 577 g/mol. The minimum Gasteiger partial charge on any atom is -0.474 e. The van der Waals surface area contributed by atoms with Gasteiger partial charge in [0.15, 0.2) is 11.7 Å². The maximum atomic E-state index is 13.1. The maximum Gasteiger partial charge on any atom is 0.232 e. The standard InChI is InChI=1S/C28H27Cl2N5O3.C2H6.CH4O/c1-17-6-8-22(29)28(32-17)38-16-20-5-4-10-34(20)25-12-24-21(11-23(25)30)27(37)18(15-36)14-35(24)19-7-9-26(31-13-19)33(2)3;2*1-2/h6-9,11-15,20H,4-5,10,16H2,1-3H3;1-2H3;2H,1H3/t20-;;/m1../s1. The van der Waals surface area contributed by atoms with Crippen LogP contribution in [0.1, 0.15) is 42.7 Å². The summed E-state index contributed by atoms with van der Waals surface area (Å²) in [4.78, 5) is 37.8. The Hall–Kier alpha value is -3.66. The summed E-state index contributed by atoms with van der Waals surface area (Å²) in [5.41, 5.74) is 2.66. The van der Waals surface area contributed by atoms with E-state index < -0.39 is 0 Å². The first-order valence-electron chi connectivity index (χ1n) is 13.7. The number of halogens is 2. The van der Waals surface area contributed by atoms with E-state index in [0.29, 0.717) is 39.7 Å². The molecule has 3 aromatic heterocycles. The van der Waals surface area contributed by atoms with Crippen molar-refractivity contribution in [1.29, 1.82) is 0 Å². The summed E-state index contributed by atoms with van der Waals surface area (Å²) in [7, 11) is 4.82. The van der Waals surface area contributed by atoms with E-state index in [0.717, 1.165) is 49.4 Å². The molecule has 4 heterocycles. The number of rotatable bonds is 7. The number of anilines is 2. The number of aliphatic hydroxyl groups is 1. The van der Waals surface area contributed by atoms with Gasteiger partial charge in [-0.15, -0.1) is 0 Å². The van der Waals surface area contributed by atoms with Crippen molar-refractivity contribution in [1.82, 2.24) is 14.5 Å². The number of carbonyl (C=O) groups is 1. The summed E-state index contributed by atoms with van der Waals surface area (Å²) in [6, 6.07) is 11.0. The average molecular weight is 615 g/mol. The van der Waals surface area contributed by atoms with Crippen LogP contribution >= 0.6 is 23.2 Å². The number of benzene rings is 1. The summed E-state index contributed by atoms with van der Waals surface area (Å²) < 4.78 is 7.83. The van der Waals surface area contributed by atoms with Gasteiger partial charge < -0.3 is 24.2 Å². The highest BCUT2D eigenvalue weighted by Crippen LogP contribution is 2.36. The molecular formula is C31H37Cl2N5O4. The van der Waals surface area contributed by atoms with Gasteiger partial charge in [0.05, 0.1) is 39.7 Å². The predicted octanol–water partition coefficient (Wildman–Crippen LogP) is 5.96. The molecule has 5 rings (SSSR count). The third-order valence-electron chi connectivity index (χ3n) is 6.75. The Morgan fingerprint density at radius 2 is 1.86 bits per heavy atom. The number of pyridine rings is 3. The largest absolute Gasteiger partial charge is 0.474 e. The summed E-state index contributed by atoms with van der Waals surface area (Å²) in [6.45, 7) is 7.06. The third-order valence-corrected chi connectivity index (χ3v) is 7.34. The molecule has 1 fully saturated rings. The molecule has 0 spiro atoms. The molecule has 1 aliphatic heterocycles. The minimum absolute atomic E-state index is 0.0405. The molecule has 0 radical (unpaired) electrons. The molecule has 1 aromatic carbocycles. The van der Waals surface area contributed by atoms with Crippen molar-refractivity contribution in [3.63, 3.8) is 0 Å². The zero-order valence-corrected chi connectivity index (χ0v) is 26.3. The molecule has 11 heteroatoms. The Morgan fingerprint density at radius 3 is 2.50 bits per heavy atom. The zero-order chi connectivity index (χ0) is 31.0. The van der Waals surface area contributed by atoms with E-state index in [1.165, 1.54) is 0 Å². The van der Waals surface area contributed by atoms with Gasteiger partial charge in [-0.1, -0.05) is 37.0 Å². The Morgan fingerprint density at radius 1 is 1.12 bits per heavy atom. The molecule has 0 aliphatic carbocycles. The first-order valence-corrected chi connectivity index (χ1v) is 14.5. The Labute approximate surface area is 256 Å². The van der Waals surface area contributed by atoms with Gasteiger partial charge in [-0.3, -0.25) is 9.59 Å². The fourth-order valence-electron chi connectivity index (χ4n) is 4.78. The highest BCUT2D eigenvalue weighted by molar-refractivity contribution is 6.34. The number of ether oxygens (including phenoxy) is 1. The van der Waals surface area contributed by atoms with Gasteiger partial charge in [-0.2, -0.15) is 0 Å². The SMILES string of the molecule is CC.CO.Cc1ccc(Cl)c(OC[C@H]2CCCN2c2cc3c(cc2Cl)c(=O)c(C=O)cn3-c2ccc(N(C)C)nc2)n1. The fraction of sp³-hybridized carbons (Fsp3) is 0.355. The highest BCUT2D eigenvalue weighted by Gasteiger charge is 2.28. The Kier molecular flexibility index (Phi) is 11.7. The Balaban J connectivity index is 0.00000116. The van der Waals surface area contributed by atoms with Crippen LogP contribution in [0.2, 0.25) is 10.0 Å². The third kappa shape index (κ3) is 7.03. The first kappa shape index (κ1) is 32.8. The molecule has 1 aliphatic rings. The van der Waals surface area contributed by atoms with Crippen molar-refractivity contribution in [3.05, 3.63) is 80.3 Å². The molecule has 0 saturated carbocycles. The molecule has 0 unspecified atom stereocenters. The number of aldehydes is 1. The summed E-state index contributed by atoms with van der Waals surface area (Å²) in [5, 5.41) is 8.26. The van der Waals surface area contributed by atoms with E-state index in [2.05, 4.69) is 14.9 Å². The minimum atomic E-state index is -0.362. The molecule has 1 N–H and O–H groups in total. The van der Waals surface area contributed by atoms with Crippen molar-refractivity contribution in [2.24, 2.45) is 0 Å². The molecule has 42 heavy (non-hydrogen) atoms. The zero-order valence-electron chi connectivity index (χ0n) is 24.8. The topological polar surface area (TPSA) is 101 Å². The quantitative estimate of drug-likeness (QED) is 0.255. The summed E-state index contributed by atoms with van der Waals surface area (Å²) in [6.07, 6.45) is 5.71. The number of carbonyl (C=O) groups excluding carboxylic acids is 1. The normalized spacial score (nSPS) is 14.0. The van der Waals surface area contributed by atoms with E-state index in [-0.39, 0.29) is 17.0 Å². The van der Waals surface area contributed by atoms with Gasteiger partial charge in [-0.25, -0.2) is 9.97 Å². The number of nitrogens with zero attached hydrogens (tertiary/aromatic N) is 5. The first-order chi connectivity index (χ1) is 20.3. The van der Waals surface area contributed by atoms with Crippen LogP contribution in [0.5, 0.6) is 5.88 Å². The van der Waals surface area contributed by atoms with Crippen LogP contribution < -0.4 is 20.0 Å². The van der Waals surface area contributed by atoms with E-state index in [1.807, 2.05) is 68.6 Å². The van der Waals surface area contributed by atoms with Crippen LogP contribution in [0, 0.1) is 6.92 Å². The van der Waals surface area contributed by atoms with E-state index in [9.17, 15) is 9.59 Å². The van der Waals surface area contributed by atoms with Crippen molar-refractivity contribution >= 4 is 51.9 Å². The van der Waals surface area contributed by atoms with E-state index >= 15 is 0 Å². The number of aromatic nitrogens is 3. The molecule has 0 amide bonds. The maximum absolute atomic E-state index is 13.1. The molecule has 0 bridgehead atoms. The lowest BCUT2D eigenvalue weighted by molar-refractivity contribution is 0.112. The highest BCUT2D eigenvalue weighted by atomic mass is 35.5. The molecule has 1 saturated heterocycles.